The standard InChI is InChI=1S/C23H24Cl2N2/c1-26(2)19-10-5-16(6-11-19)23(18-9-14-21(24)22(25)15-18)17-7-12-20(13-8-17)27(3)4/h5-15,23H,1-4H3. The maximum Gasteiger partial charge on any atom is 0.0595 e. The maximum absolute atomic E-state index is 6.32. The minimum Gasteiger partial charge on any atom is -0.378 e. The van der Waals surface area contributed by atoms with Crippen molar-refractivity contribution >= 4 is 34.6 Å². The van der Waals surface area contributed by atoms with E-state index in [1.54, 1.807) is 0 Å². The van der Waals surface area contributed by atoms with Gasteiger partial charge in [0.2, 0.25) is 0 Å². The van der Waals surface area contributed by atoms with Gasteiger partial charge in [-0.1, -0.05) is 53.5 Å². The zero-order valence-electron chi connectivity index (χ0n) is 16.1. The largest absolute Gasteiger partial charge is 0.378 e. The maximum atomic E-state index is 6.32. The van der Waals surface area contributed by atoms with Crippen molar-refractivity contribution in [3.63, 3.8) is 0 Å². The predicted molar refractivity (Wildman–Crippen MR) is 119 cm³/mol. The van der Waals surface area contributed by atoms with Crippen LogP contribution in [0.2, 0.25) is 10.0 Å². The number of nitrogens with zero attached hydrogens (tertiary/aromatic N) is 2. The van der Waals surface area contributed by atoms with Crippen LogP contribution < -0.4 is 9.80 Å². The van der Waals surface area contributed by atoms with Crippen LogP contribution in [0.5, 0.6) is 0 Å². The molecule has 0 fully saturated rings. The average Bonchev–Trinajstić information content (AvgIpc) is 2.65. The quantitative estimate of drug-likeness (QED) is 0.464. The van der Waals surface area contributed by atoms with Crippen molar-refractivity contribution in [2.24, 2.45) is 0 Å². The fourth-order valence-corrected chi connectivity index (χ4v) is 3.51. The molecule has 0 atom stereocenters. The SMILES string of the molecule is CN(C)c1ccc(C(c2ccc(N(C)C)cc2)c2ccc(Cl)c(Cl)c2)cc1. The first-order chi connectivity index (χ1) is 12.9. The molecular formula is C23H24Cl2N2. The fourth-order valence-electron chi connectivity index (χ4n) is 3.20. The summed E-state index contributed by atoms with van der Waals surface area (Å²) in [7, 11) is 8.19. The van der Waals surface area contributed by atoms with Crippen molar-refractivity contribution in [2.45, 2.75) is 5.92 Å². The molecule has 0 spiro atoms. The van der Waals surface area contributed by atoms with Crippen LogP contribution >= 0.6 is 23.2 Å². The van der Waals surface area contributed by atoms with Crippen LogP contribution in [-0.2, 0) is 0 Å². The summed E-state index contributed by atoms with van der Waals surface area (Å²) < 4.78 is 0. The third-order valence-electron chi connectivity index (χ3n) is 4.76. The molecule has 3 aromatic carbocycles. The van der Waals surface area contributed by atoms with E-state index in [2.05, 4.69) is 64.4 Å². The minimum atomic E-state index is 0.0900. The summed E-state index contributed by atoms with van der Waals surface area (Å²) in [6.45, 7) is 0. The molecule has 0 aliphatic heterocycles. The lowest BCUT2D eigenvalue weighted by atomic mass is 9.85. The molecule has 0 bridgehead atoms. The zero-order valence-corrected chi connectivity index (χ0v) is 17.6. The van der Waals surface area contributed by atoms with Crippen LogP contribution in [-0.4, -0.2) is 28.2 Å². The van der Waals surface area contributed by atoms with E-state index in [1.165, 1.54) is 22.5 Å². The molecule has 3 rings (SSSR count). The highest BCUT2D eigenvalue weighted by atomic mass is 35.5. The van der Waals surface area contributed by atoms with Crippen molar-refractivity contribution in [1.82, 2.24) is 0 Å². The first-order valence-corrected chi connectivity index (χ1v) is 9.62. The van der Waals surface area contributed by atoms with Gasteiger partial charge in [0.05, 0.1) is 10.0 Å². The lowest BCUT2D eigenvalue weighted by molar-refractivity contribution is 0.973. The molecule has 0 N–H and O–H groups in total. The van der Waals surface area contributed by atoms with E-state index in [9.17, 15) is 0 Å². The third-order valence-corrected chi connectivity index (χ3v) is 5.50. The molecule has 4 heteroatoms. The van der Waals surface area contributed by atoms with Gasteiger partial charge in [0.1, 0.15) is 0 Å². The Kier molecular flexibility index (Phi) is 5.98. The average molecular weight is 399 g/mol. The number of anilines is 2. The van der Waals surface area contributed by atoms with Gasteiger partial charge in [-0.05, 0) is 53.1 Å². The second-order valence-electron chi connectivity index (χ2n) is 7.08. The summed E-state index contributed by atoms with van der Waals surface area (Å²) in [5, 5.41) is 1.15. The van der Waals surface area contributed by atoms with E-state index in [0.717, 1.165) is 5.56 Å². The Hall–Kier alpha value is -2.16. The Morgan fingerprint density at radius 2 is 0.963 bits per heavy atom. The topological polar surface area (TPSA) is 6.48 Å². The van der Waals surface area contributed by atoms with Gasteiger partial charge in [-0.15, -0.1) is 0 Å². The molecule has 0 radical (unpaired) electrons. The smallest absolute Gasteiger partial charge is 0.0595 e. The van der Waals surface area contributed by atoms with Gasteiger partial charge in [0, 0.05) is 45.5 Å². The second kappa shape index (κ2) is 8.24. The first kappa shape index (κ1) is 19.6. The highest BCUT2D eigenvalue weighted by molar-refractivity contribution is 6.42. The van der Waals surface area contributed by atoms with E-state index >= 15 is 0 Å². The molecule has 2 nitrogen and oxygen atoms in total. The van der Waals surface area contributed by atoms with Crippen LogP contribution in [0.4, 0.5) is 11.4 Å². The van der Waals surface area contributed by atoms with Crippen LogP contribution in [0.3, 0.4) is 0 Å². The second-order valence-corrected chi connectivity index (χ2v) is 7.89. The highest BCUT2D eigenvalue weighted by Gasteiger charge is 2.18. The van der Waals surface area contributed by atoms with E-state index in [1.807, 2.05) is 40.3 Å². The molecule has 0 heterocycles. The fraction of sp³-hybridized carbons (Fsp3) is 0.217. The van der Waals surface area contributed by atoms with Crippen molar-refractivity contribution in [3.05, 3.63) is 93.5 Å². The van der Waals surface area contributed by atoms with E-state index < -0.39 is 0 Å². The molecule has 0 amide bonds. The van der Waals surface area contributed by atoms with Gasteiger partial charge in [-0.2, -0.15) is 0 Å². The van der Waals surface area contributed by atoms with Gasteiger partial charge in [-0.3, -0.25) is 0 Å². The number of rotatable bonds is 5. The molecule has 3 aromatic rings. The van der Waals surface area contributed by atoms with Crippen LogP contribution in [0, 0.1) is 0 Å². The molecule has 140 valence electrons. The zero-order chi connectivity index (χ0) is 19.6. The van der Waals surface area contributed by atoms with Gasteiger partial charge in [0.25, 0.3) is 0 Å². The monoisotopic (exact) mass is 398 g/mol. The first-order valence-electron chi connectivity index (χ1n) is 8.86. The van der Waals surface area contributed by atoms with Gasteiger partial charge in [0.15, 0.2) is 0 Å². The lowest BCUT2D eigenvalue weighted by Crippen LogP contribution is -2.10. The molecule has 0 unspecified atom stereocenters. The summed E-state index contributed by atoms with van der Waals surface area (Å²) >= 11 is 12.5. The Bertz CT molecular complexity index is 849. The molecule has 0 aliphatic carbocycles. The minimum absolute atomic E-state index is 0.0900. The number of benzene rings is 3. The highest BCUT2D eigenvalue weighted by Crippen LogP contribution is 2.36. The summed E-state index contributed by atoms with van der Waals surface area (Å²) in [5.74, 6) is 0.0900. The molecule has 0 saturated heterocycles. The lowest BCUT2D eigenvalue weighted by Gasteiger charge is -2.22. The molecule has 0 aromatic heterocycles. The number of halogens is 2. The summed E-state index contributed by atoms with van der Waals surface area (Å²) in [5.41, 5.74) is 5.91. The van der Waals surface area contributed by atoms with Gasteiger partial charge >= 0.3 is 0 Å². The number of hydrogen-bond donors (Lipinski definition) is 0. The molecule has 0 aliphatic rings. The van der Waals surface area contributed by atoms with Crippen molar-refractivity contribution in [1.29, 1.82) is 0 Å². The van der Waals surface area contributed by atoms with Crippen LogP contribution in [0.1, 0.15) is 22.6 Å². The van der Waals surface area contributed by atoms with Crippen molar-refractivity contribution < 1.29 is 0 Å². The predicted octanol–water partition coefficient (Wildman–Crippen LogP) is 6.31. The number of hydrogen-bond acceptors (Lipinski definition) is 2. The molecule has 0 saturated carbocycles. The van der Waals surface area contributed by atoms with E-state index in [4.69, 9.17) is 23.2 Å². The van der Waals surface area contributed by atoms with Gasteiger partial charge < -0.3 is 9.80 Å². The Morgan fingerprint density at radius 3 is 1.33 bits per heavy atom. The van der Waals surface area contributed by atoms with Crippen molar-refractivity contribution in [2.75, 3.05) is 38.0 Å². The van der Waals surface area contributed by atoms with Crippen LogP contribution in [0.15, 0.2) is 66.7 Å². The molecule has 27 heavy (non-hydrogen) atoms. The summed E-state index contributed by atoms with van der Waals surface area (Å²) in [6.07, 6.45) is 0. The van der Waals surface area contributed by atoms with Crippen molar-refractivity contribution in [3.8, 4) is 0 Å². The van der Waals surface area contributed by atoms with E-state index in [0.29, 0.717) is 10.0 Å². The Labute approximate surface area is 171 Å². The third kappa shape index (κ3) is 4.40. The van der Waals surface area contributed by atoms with Crippen LogP contribution in [0.25, 0.3) is 0 Å². The summed E-state index contributed by atoms with van der Waals surface area (Å²) in [6, 6.07) is 23.2. The molecular weight excluding hydrogens is 375 g/mol. The Balaban J connectivity index is 2.09. The van der Waals surface area contributed by atoms with Gasteiger partial charge in [-0.25, -0.2) is 0 Å². The van der Waals surface area contributed by atoms with E-state index in [-0.39, 0.29) is 5.92 Å². The Morgan fingerprint density at radius 1 is 0.556 bits per heavy atom. The normalized spacial score (nSPS) is 10.9. The summed E-state index contributed by atoms with van der Waals surface area (Å²) in [4.78, 5) is 4.20.